The van der Waals surface area contributed by atoms with Crippen molar-refractivity contribution in [1.29, 1.82) is 0 Å². The largest absolute Gasteiger partial charge is 0.435 e. The van der Waals surface area contributed by atoms with Crippen molar-refractivity contribution in [2.24, 2.45) is 17.6 Å². The zero-order valence-electron chi connectivity index (χ0n) is 13.1. The van der Waals surface area contributed by atoms with E-state index in [2.05, 4.69) is 4.74 Å². The Morgan fingerprint density at radius 1 is 1.35 bits per heavy atom. The number of nitrogens with two attached hydrogens (primary N) is 1. The van der Waals surface area contributed by atoms with Gasteiger partial charge in [-0.1, -0.05) is 18.6 Å². The molecule has 0 aromatic heterocycles. The molecule has 23 heavy (non-hydrogen) atoms. The molecule has 0 heterocycles. The van der Waals surface area contributed by atoms with Gasteiger partial charge in [-0.15, -0.1) is 12.4 Å². The van der Waals surface area contributed by atoms with Gasteiger partial charge in [0, 0.05) is 19.5 Å². The second-order valence-electron chi connectivity index (χ2n) is 5.75. The Labute approximate surface area is 141 Å². The summed E-state index contributed by atoms with van der Waals surface area (Å²) in [5.74, 6) is 0.515. The summed E-state index contributed by atoms with van der Waals surface area (Å²) in [4.78, 5) is 14.2. The average molecular weight is 349 g/mol. The molecule has 2 rings (SSSR count). The summed E-state index contributed by atoms with van der Waals surface area (Å²) in [6.45, 7) is -1.84. The molecule has 0 saturated heterocycles. The van der Waals surface area contributed by atoms with Gasteiger partial charge in [-0.2, -0.15) is 8.78 Å². The van der Waals surface area contributed by atoms with Crippen LogP contribution in [0.1, 0.15) is 24.8 Å². The fourth-order valence-corrected chi connectivity index (χ4v) is 3.06. The van der Waals surface area contributed by atoms with E-state index < -0.39 is 6.61 Å². The van der Waals surface area contributed by atoms with Gasteiger partial charge >= 0.3 is 6.61 Å². The van der Waals surface area contributed by atoms with Crippen molar-refractivity contribution in [3.63, 3.8) is 0 Å². The summed E-state index contributed by atoms with van der Waals surface area (Å²) >= 11 is 0. The highest BCUT2D eigenvalue weighted by molar-refractivity contribution is 5.85. The van der Waals surface area contributed by atoms with Crippen LogP contribution in [0.15, 0.2) is 24.3 Å². The van der Waals surface area contributed by atoms with Crippen LogP contribution in [-0.4, -0.2) is 31.0 Å². The second kappa shape index (κ2) is 9.03. The van der Waals surface area contributed by atoms with Crippen LogP contribution in [0.3, 0.4) is 0 Å². The second-order valence-corrected chi connectivity index (χ2v) is 5.75. The van der Waals surface area contributed by atoms with Gasteiger partial charge in [0.25, 0.3) is 0 Å². The van der Waals surface area contributed by atoms with Crippen LogP contribution < -0.4 is 10.5 Å². The molecule has 130 valence electrons. The highest BCUT2D eigenvalue weighted by Crippen LogP contribution is 2.32. The Balaban J connectivity index is 0.00000264. The minimum absolute atomic E-state index is 0. The minimum Gasteiger partial charge on any atom is -0.435 e. The van der Waals surface area contributed by atoms with Crippen LogP contribution in [-0.2, 0) is 11.3 Å². The Kier molecular flexibility index (Phi) is 7.72. The zero-order chi connectivity index (χ0) is 16.1. The van der Waals surface area contributed by atoms with E-state index in [0.29, 0.717) is 13.1 Å². The molecule has 1 aromatic rings. The predicted molar refractivity (Wildman–Crippen MR) is 86.7 cm³/mol. The van der Waals surface area contributed by atoms with Gasteiger partial charge < -0.3 is 15.4 Å². The lowest BCUT2D eigenvalue weighted by molar-refractivity contribution is -0.135. The lowest BCUT2D eigenvalue weighted by Gasteiger charge is -2.24. The topological polar surface area (TPSA) is 55.6 Å². The SMILES string of the molecule is CN(Cc1ccc(OC(F)F)cc1)C(=O)[C@@H]1CCC[C@@H]1CN.Cl. The number of hydrogen-bond donors (Lipinski definition) is 1. The van der Waals surface area contributed by atoms with Crippen molar-refractivity contribution in [2.45, 2.75) is 32.4 Å². The number of hydrogen-bond acceptors (Lipinski definition) is 3. The van der Waals surface area contributed by atoms with E-state index in [-0.39, 0.29) is 35.9 Å². The fourth-order valence-electron chi connectivity index (χ4n) is 3.06. The molecule has 0 aliphatic heterocycles. The van der Waals surface area contributed by atoms with Crippen LogP contribution in [0.2, 0.25) is 0 Å². The highest BCUT2D eigenvalue weighted by Gasteiger charge is 2.33. The summed E-state index contributed by atoms with van der Waals surface area (Å²) in [6.07, 6.45) is 2.96. The number of amides is 1. The maximum Gasteiger partial charge on any atom is 0.387 e. The van der Waals surface area contributed by atoms with Crippen molar-refractivity contribution >= 4 is 18.3 Å². The summed E-state index contributed by atoms with van der Waals surface area (Å²) in [5.41, 5.74) is 6.60. The first-order chi connectivity index (χ1) is 10.5. The van der Waals surface area contributed by atoms with Crippen LogP contribution in [0.4, 0.5) is 8.78 Å². The van der Waals surface area contributed by atoms with Crippen molar-refractivity contribution in [2.75, 3.05) is 13.6 Å². The molecule has 1 amide bonds. The van der Waals surface area contributed by atoms with E-state index in [9.17, 15) is 13.6 Å². The maximum absolute atomic E-state index is 12.5. The van der Waals surface area contributed by atoms with Gasteiger partial charge in [0.1, 0.15) is 5.75 Å². The van der Waals surface area contributed by atoms with Gasteiger partial charge in [0.05, 0.1) is 0 Å². The standard InChI is InChI=1S/C16H22F2N2O2.ClH/c1-20(15(21)14-4-2-3-12(14)9-19)10-11-5-7-13(8-6-11)22-16(17)18;/h5-8,12,14,16H,2-4,9-10,19H2,1H3;1H/t12-,14-;/m1./s1. The third kappa shape index (κ3) is 5.32. The van der Waals surface area contributed by atoms with Gasteiger partial charge in [0.2, 0.25) is 5.91 Å². The predicted octanol–water partition coefficient (Wildman–Crippen LogP) is 3.04. The summed E-state index contributed by atoms with van der Waals surface area (Å²) in [7, 11) is 1.76. The van der Waals surface area contributed by atoms with Crippen LogP contribution in [0, 0.1) is 11.8 Å². The smallest absolute Gasteiger partial charge is 0.387 e. The molecule has 2 N–H and O–H groups in total. The number of ether oxygens (including phenoxy) is 1. The van der Waals surface area contributed by atoms with Crippen molar-refractivity contribution < 1.29 is 18.3 Å². The van der Waals surface area contributed by atoms with Gasteiger partial charge in [-0.25, -0.2) is 0 Å². The van der Waals surface area contributed by atoms with Crippen LogP contribution in [0.25, 0.3) is 0 Å². The van der Waals surface area contributed by atoms with Gasteiger partial charge in [0.15, 0.2) is 0 Å². The first-order valence-electron chi connectivity index (χ1n) is 7.50. The van der Waals surface area contributed by atoms with Crippen molar-refractivity contribution in [1.82, 2.24) is 4.90 Å². The third-order valence-electron chi connectivity index (χ3n) is 4.22. The molecule has 1 aliphatic rings. The molecule has 0 unspecified atom stereocenters. The summed E-state index contributed by atoms with van der Waals surface area (Å²) in [6, 6.07) is 6.35. The molecule has 1 aliphatic carbocycles. The normalized spacial score (nSPS) is 20.2. The number of halogens is 3. The number of rotatable bonds is 6. The van der Waals surface area contributed by atoms with E-state index in [1.54, 1.807) is 24.1 Å². The third-order valence-corrected chi connectivity index (χ3v) is 4.22. The van der Waals surface area contributed by atoms with Crippen LogP contribution >= 0.6 is 12.4 Å². The Hall–Kier alpha value is -1.40. The minimum atomic E-state index is -2.83. The lowest BCUT2D eigenvalue weighted by atomic mass is 9.95. The van der Waals surface area contributed by atoms with E-state index in [1.807, 2.05) is 0 Å². The van der Waals surface area contributed by atoms with E-state index in [4.69, 9.17) is 5.73 Å². The lowest BCUT2D eigenvalue weighted by Crippen LogP contribution is -2.36. The molecule has 0 bridgehead atoms. The molecule has 1 aromatic carbocycles. The highest BCUT2D eigenvalue weighted by atomic mass is 35.5. The fraction of sp³-hybridized carbons (Fsp3) is 0.562. The van der Waals surface area contributed by atoms with Gasteiger partial charge in [-0.05, 0) is 43.0 Å². The molecule has 0 spiro atoms. The quantitative estimate of drug-likeness (QED) is 0.859. The zero-order valence-corrected chi connectivity index (χ0v) is 13.9. The molecule has 1 saturated carbocycles. The summed E-state index contributed by atoms with van der Waals surface area (Å²) < 4.78 is 28.5. The van der Waals surface area contributed by atoms with E-state index >= 15 is 0 Å². The molecular weight excluding hydrogens is 326 g/mol. The molecule has 7 heteroatoms. The number of nitrogens with zero attached hydrogens (tertiary/aromatic N) is 1. The first kappa shape index (κ1) is 19.6. The number of alkyl halides is 2. The number of carbonyl (C=O) groups is 1. The van der Waals surface area contributed by atoms with E-state index in [0.717, 1.165) is 24.8 Å². The van der Waals surface area contributed by atoms with Crippen molar-refractivity contribution in [3.8, 4) is 5.75 Å². The summed E-state index contributed by atoms with van der Waals surface area (Å²) in [5, 5.41) is 0. The van der Waals surface area contributed by atoms with Gasteiger partial charge in [-0.3, -0.25) is 4.79 Å². The number of carbonyl (C=O) groups excluding carboxylic acids is 1. The number of benzene rings is 1. The molecular formula is C16H23ClF2N2O2. The molecule has 4 nitrogen and oxygen atoms in total. The van der Waals surface area contributed by atoms with E-state index in [1.165, 1.54) is 12.1 Å². The molecule has 0 radical (unpaired) electrons. The monoisotopic (exact) mass is 348 g/mol. The van der Waals surface area contributed by atoms with Crippen molar-refractivity contribution in [3.05, 3.63) is 29.8 Å². The first-order valence-corrected chi connectivity index (χ1v) is 7.50. The van der Waals surface area contributed by atoms with Crippen LogP contribution in [0.5, 0.6) is 5.75 Å². The Morgan fingerprint density at radius 3 is 2.57 bits per heavy atom. The molecule has 2 atom stereocenters. The molecule has 1 fully saturated rings. The average Bonchev–Trinajstić information content (AvgIpc) is 2.96. The Morgan fingerprint density at radius 2 is 2.00 bits per heavy atom. The Bertz CT molecular complexity index is 499. The maximum atomic E-state index is 12.5.